The molecule has 1 heterocycles. The summed E-state index contributed by atoms with van der Waals surface area (Å²) in [6.07, 6.45) is -4.97. The van der Waals surface area contributed by atoms with Gasteiger partial charge in [0.2, 0.25) is 0 Å². The molecule has 0 aromatic heterocycles. The van der Waals surface area contributed by atoms with E-state index >= 15 is 0 Å². The van der Waals surface area contributed by atoms with Gasteiger partial charge >= 0.3 is 0 Å². The van der Waals surface area contributed by atoms with Crippen LogP contribution < -0.4 is 0 Å². The molecule has 1 atom stereocenters. The van der Waals surface area contributed by atoms with Gasteiger partial charge in [-0.25, -0.2) is 8.78 Å². The minimum atomic E-state index is -2.97. The average Bonchev–Trinajstić information content (AvgIpc) is 2.11. The third kappa shape index (κ3) is 2.46. The summed E-state index contributed by atoms with van der Waals surface area (Å²) in [4.78, 5) is 22.6. The molecule has 0 spiro atoms. The molecule has 14 heavy (non-hydrogen) atoms. The van der Waals surface area contributed by atoms with Crippen LogP contribution in [0.2, 0.25) is 0 Å². The lowest BCUT2D eigenvalue weighted by molar-refractivity contribution is -0.161. The molecule has 0 aliphatic carbocycles. The number of aliphatic hydroxyl groups excluding tert-OH is 1. The number of ether oxygens (including phenoxy) is 1. The lowest BCUT2D eigenvalue weighted by atomic mass is 10.3. The van der Waals surface area contributed by atoms with Gasteiger partial charge in [-0.15, -0.1) is 0 Å². The summed E-state index contributed by atoms with van der Waals surface area (Å²) in [5, 5.41) is 8.78. The number of aliphatic hydroxyl groups is 1. The monoisotopic (exact) mass is 209 g/mol. The Labute approximate surface area is 78.2 Å². The van der Waals surface area contributed by atoms with E-state index in [0.29, 0.717) is 4.90 Å². The standard InChI is InChI=1S/C7H9F2NO4/c8-7(9)4(11)1-10-5(12)2-14-3-6(10)13/h4,7,11H,1-3H2. The number of carbonyl (C=O) groups is 2. The maximum absolute atomic E-state index is 11.9. The predicted molar refractivity (Wildman–Crippen MR) is 39.5 cm³/mol. The Hall–Kier alpha value is -1.08. The quantitative estimate of drug-likeness (QED) is 0.605. The summed E-state index contributed by atoms with van der Waals surface area (Å²) >= 11 is 0. The van der Waals surface area contributed by atoms with Crippen molar-refractivity contribution >= 4 is 11.8 Å². The van der Waals surface area contributed by atoms with Gasteiger partial charge < -0.3 is 9.84 Å². The number of rotatable bonds is 3. The van der Waals surface area contributed by atoms with Crippen molar-refractivity contribution in [2.75, 3.05) is 19.8 Å². The van der Waals surface area contributed by atoms with Crippen LogP contribution in [-0.4, -0.2) is 54.1 Å². The highest BCUT2D eigenvalue weighted by atomic mass is 19.3. The molecule has 7 heteroatoms. The van der Waals surface area contributed by atoms with Crippen molar-refractivity contribution in [2.24, 2.45) is 0 Å². The fourth-order valence-electron chi connectivity index (χ4n) is 0.991. The summed E-state index contributed by atoms with van der Waals surface area (Å²) in [7, 11) is 0. The molecule has 5 nitrogen and oxygen atoms in total. The first kappa shape index (κ1) is 11.0. The zero-order valence-corrected chi connectivity index (χ0v) is 7.15. The largest absolute Gasteiger partial charge is 0.385 e. The molecule has 0 aromatic carbocycles. The topological polar surface area (TPSA) is 66.8 Å². The minimum absolute atomic E-state index is 0.318. The summed E-state index contributed by atoms with van der Waals surface area (Å²) in [6, 6.07) is 0. The van der Waals surface area contributed by atoms with Gasteiger partial charge in [0.15, 0.2) is 0 Å². The zero-order chi connectivity index (χ0) is 10.7. The van der Waals surface area contributed by atoms with Gasteiger partial charge in [0.1, 0.15) is 19.3 Å². The smallest absolute Gasteiger partial charge is 0.265 e. The number of nitrogens with zero attached hydrogens (tertiary/aromatic N) is 1. The fraction of sp³-hybridized carbons (Fsp3) is 0.714. The van der Waals surface area contributed by atoms with E-state index in [9.17, 15) is 18.4 Å². The number of halogens is 2. The lowest BCUT2D eigenvalue weighted by Gasteiger charge is -2.26. The molecule has 0 aromatic rings. The number of morpholine rings is 1. The maximum Gasteiger partial charge on any atom is 0.265 e. The number of alkyl halides is 2. The van der Waals surface area contributed by atoms with E-state index in [-0.39, 0.29) is 13.2 Å². The summed E-state index contributed by atoms with van der Waals surface area (Å²) in [6.45, 7) is -1.32. The van der Waals surface area contributed by atoms with Crippen LogP contribution >= 0.6 is 0 Å². The normalized spacial score (nSPS) is 20.4. The van der Waals surface area contributed by atoms with Crippen LogP contribution in [0.5, 0.6) is 0 Å². The van der Waals surface area contributed by atoms with Crippen molar-refractivity contribution < 1.29 is 28.2 Å². The van der Waals surface area contributed by atoms with E-state index in [1.54, 1.807) is 0 Å². The highest BCUT2D eigenvalue weighted by molar-refractivity contribution is 5.98. The SMILES string of the molecule is O=C1COCC(=O)N1CC(O)C(F)F. The Morgan fingerprint density at radius 2 is 1.86 bits per heavy atom. The highest BCUT2D eigenvalue weighted by Gasteiger charge is 2.31. The lowest BCUT2D eigenvalue weighted by Crippen LogP contribution is -2.50. The molecule has 0 saturated carbocycles. The first-order valence-electron chi connectivity index (χ1n) is 3.89. The zero-order valence-electron chi connectivity index (χ0n) is 7.15. The summed E-state index contributed by atoms with van der Waals surface area (Å²) in [5.41, 5.74) is 0. The number of imide groups is 1. The van der Waals surface area contributed by atoms with E-state index in [4.69, 9.17) is 5.11 Å². The van der Waals surface area contributed by atoms with E-state index in [2.05, 4.69) is 4.74 Å². The molecule has 1 fully saturated rings. The van der Waals surface area contributed by atoms with Crippen LogP contribution in [0.15, 0.2) is 0 Å². The Bertz CT molecular complexity index is 230. The van der Waals surface area contributed by atoms with Gasteiger partial charge in [-0.3, -0.25) is 14.5 Å². The van der Waals surface area contributed by atoms with Gasteiger partial charge in [-0.1, -0.05) is 0 Å². The molecule has 0 bridgehead atoms. The van der Waals surface area contributed by atoms with Crippen LogP contribution in [0.1, 0.15) is 0 Å². The Morgan fingerprint density at radius 3 is 2.29 bits per heavy atom. The van der Waals surface area contributed by atoms with Gasteiger partial charge in [-0.05, 0) is 0 Å². The number of carbonyl (C=O) groups excluding carboxylic acids is 2. The van der Waals surface area contributed by atoms with Gasteiger partial charge in [0, 0.05) is 0 Å². The number of β-amino-alcohol motifs (C(OH)–C–C–N with tert-alkyl or cyclic N) is 1. The maximum atomic E-state index is 11.9. The number of hydrogen-bond donors (Lipinski definition) is 1. The highest BCUT2D eigenvalue weighted by Crippen LogP contribution is 2.07. The molecule has 1 aliphatic rings. The molecule has 1 unspecified atom stereocenters. The Balaban J connectivity index is 2.56. The van der Waals surface area contributed by atoms with Crippen LogP contribution in [0.25, 0.3) is 0 Å². The Morgan fingerprint density at radius 1 is 1.36 bits per heavy atom. The number of hydrogen-bond acceptors (Lipinski definition) is 4. The second kappa shape index (κ2) is 4.43. The summed E-state index contributed by atoms with van der Waals surface area (Å²) in [5.74, 6) is -1.41. The van der Waals surface area contributed by atoms with Crippen molar-refractivity contribution in [1.29, 1.82) is 0 Å². The predicted octanol–water partition coefficient (Wildman–Crippen LogP) is -1.00. The number of amides is 2. The second-order valence-corrected chi connectivity index (χ2v) is 2.79. The van der Waals surface area contributed by atoms with Crippen molar-refractivity contribution in [3.63, 3.8) is 0 Å². The molecule has 0 radical (unpaired) electrons. The third-order valence-corrected chi connectivity index (χ3v) is 1.71. The van der Waals surface area contributed by atoms with E-state index < -0.39 is 30.9 Å². The fourth-order valence-corrected chi connectivity index (χ4v) is 0.991. The van der Waals surface area contributed by atoms with E-state index in [1.807, 2.05) is 0 Å². The molecular formula is C7H9F2NO4. The first-order chi connectivity index (χ1) is 6.52. The molecular weight excluding hydrogens is 200 g/mol. The molecule has 1 rings (SSSR count). The molecule has 1 N–H and O–H groups in total. The Kier molecular flexibility index (Phi) is 3.48. The van der Waals surface area contributed by atoms with Crippen LogP contribution in [0.4, 0.5) is 8.78 Å². The average molecular weight is 209 g/mol. The summed E-state index contributed by atoms with van der Waals surface area (Å²) < 4.78 is 28.4. The van der Waals surface area contributed by atoms with E-state index in [1.165, 1.54) is 0 Å². The van der Waals surface area contributed by atoms with Gasteiger partial charge in [0.25, 0.3) is 18.2 Å². The minimum Gasteiger partial charge on any atom is -0.385 e. The van der Waals surface area contributed by atoms with E-state index in [0.717, 1.165) is 0 Å². The van der Waals surface area contributed by atoms with Crippen LogP contribution in [0.3, 0.4) is 0 Å². The van der Waals surface area contributed by atoms with Crippen molar-refractivity contribution in [3.8, 4) is 0 Å². The van der Waals surface area contributed by atoms with Crippen molar-refractivity contribution in [3.05, 3.63) is 0 Å². The first-order valence-corrected chi connectivity index (χ1v) is 3.89. The molecule has 2 amide bonds. The van der Waals surface area contributed by atoms with Crippen LogP contribution in [-0.2, 0) is 14.3 Å². The third-order valence-electron chi connectivity index (χ3n) is 1.71. The van der Waals surface area contributed by atoms with Gasteiger partial charge in [-0.2, -0.15) is 0 Å². The second-order valence-electron chi connectivity index (χ2n) is 2.79. The molecule has 80 valence electrons. The molecule has 1 aliphatic heterocycles. The van der Waals surface area contributed by atoms with Crippen molar-refractivity contribution in [2.45, 2.75) is 12.5 Å². The van der Waals surface area contributed by atoms with Gasteiger partial charge in [0.05, 0.1) is 6.54 Å². The van der Waals surface area contributed by atoms with Crippen LogP contribution in [0, 0.1) is 0 Å². The van der Waals surface area contributed by atoms with Crippen molar-refractivity contribution in [1.82, 2.24) is 4.90 Å². The molecule has 1 saturated heterocycles.